The van der Waals surface area contributed by atoms with Crippen molar-refractivity contribution >= 4 is 16.7 Å². The van der Waals surface area contributed by atoms with Gasteiger partial charge in [0.1, 0.15) is 17.3 Å². The molecule has 174 valence electrons. The Bertz CT molecular complexity index is 1350. The summed E-state index contributed by atoms with van der Waals surface area (Å²) in [4.78, 5) is 13.9. The van der Waals surface area contributed by atoms with Crippen LogP contribution in [0, 0.1) is 5.82 Å². The van der Waals surface area contributed by atoms with Crippen molar-refractivity contribution in [2.75, 3.05) is 51.3 Å². The SMILES string of the molecule is CN1CCN(c2ncc3cc2OCCCOc2cccc(F)c2-c2cc4c-3n[nH]c4cn2)CC1. The predicted octanol–water partition coefficient (Wildman–Crippen LogP) is 3.74. The zero-order chi connectivity index (χ0) is 23.1. The van der Waals surface area contributed by atoms with Crippen LogP contribution in [-0.2, 0) is 0 Å². The quantitative estimate of drug-likeness (QED) is 0.464. The maximum atomic E-state index is 14.9. The number of aromatic amines is 1. The molecule has 9 heteroatoms. The number of hydrogen-bond acceptors (Lipinski definition) is 7. The molecule has 1 aromatic carbocycles. The first kappa shape index (κ1) is 20.9. The van der Waals surface area contributed by atoms with E-state index < -0.39 is 0 Å². The van der Waals surface area contributed by atoms with Crippen molar-refractivity contribution in [2.24, 2.45) is 0 Å². The number of nitrogens with zero attached hydrogens (tertiary/aromatic N) is 5. The molecule has 5 heterocycles. The Hall–Kier alpha value is -3.72. The van der Waals surface area contributed by atoms with Gasteiger partial charge in [0.05, 0.1) is 36.2 Å². The first-order chi connectivity index (χ1) is 16.7. The lowest BCUT2D eigenvalue weighted by Gasteiger charge is -2.34. The molecule has 0 atom stereocenters. The molecule has 34 heavy (non-hydrogen) atoms. The Morgan fingerprint density at radius 2 is 1.79 bits per heavy atom. The highest BCUT2D eigenvalue weighted by molar-refractivity contribution is 5.95. The number of nitrogens with one attached hydrogen (secondary N) is 1. The van der Waals surface area contributed by atoms with Gasteiger partial charge in [-0.1, -0.05) is 6.07 Å². The zero-order valence-electron chi connectivity index (χ0n) is 18.9. The molecular formula is C25H25FN6O2. The smallest absolute Gasteiger partial charge is 0.171 e. The van der Waals surface area contributed by atoms with Gasteiger partial charge in [0.25, 0.3) is 0 Å². The molecule has 0 radical (unpaired) electrons. The Morgan fingerprint density at radius 1 is 0.971 bits per heavy atom. The van der Waals surface area contributed by atoms with Gasteiger partial charge in [0.15, 0.2) is 11.6 Å². The minimum atomic E-state index is -0.377. The topological polar surface area (TPSA) is 79.4 Å². The zero-order valence-corrected chi connectivity index (χ0v) is 18.9. The summed E-state index contributed by atoms with van der Waals surface area (Å²) >= 11 is 0. The first-order valence-corrected chi connectivity index (χ1v) is 11.5. The maximum Gasteiger partial charge on any atom is 0.171 e. The minimum Gasteiger partial charge on any atom is -0.493 e. The number of rotatable bonds is 1. The van der Waals surface area contributed by atoms with E-state index in [1.54, 1.807) is 18.3 Å². The Morgan fingerprint density at radius 3 is 2.65 bits per heavy atom. The van der Waals surface area contributed by atoms with Crippen LogP contribution in [0.3, 0.4) is 0 Å². The van der Waals surface area contributed by atoms with Crippen LogP contribution in [0.4, 0.5) is 10.2 Å². The first-order valence-electron chi connectivity index (χ1n) is 11.5. The van der Waals surface area contributed by atoms with E-state index in [9.17, 15) is 4.39 Å². The summed E-state index contributed by atoms with van der Waals surface area (Å²) in [5.74, 6) is 1.67. The second-order valence-electron chi connectivity index (χ2n) is 8.69. The number of pyridine rings is 2. The summed E-state index contributed by atoms with van der Waals surface area (Å²) in [6, 6.07) is 8.68. The van der Waals surface area contributed by atoms with Crippen molar-refractivity contribution < 1.29 is 13.9 Å². The Kier molecular flexibility index (Phi) is 5.26. The fourth-order valence-electron chi connectivity index (χ4n) is 4.50. The van der Waals surface area contributed by atoms with Crippen molar-refractivity contribution in [3.8, 4) is 34.0 Å². The van der Waals surface area contributed by atoms with Gasteiger partial charge in [-0.05, 0) is 31.3 Å². The lowest BCUT2D eigenvalue weighted by atomic mass is 10.1. The fourth-order valence-corrected chi connectivity index (χ4v) is 4.50. The highest BCUT2D eigenvalue weighted by Crippen LogP contribution is 2.37. The van der Waals surface area contributed by atoms with E-state index in [0.717, 1.165) is 59.9 Å². The highest BCUT2D eigenvalue weighted by Gasteiger charge is 2.22. The average Bonchev–Trinajstić information content (AvgIpc) is 3.27. The predicted molar refractivity (Wildman–Crippen MR) is 128 cm³/mol. The van der Waals surface area contributed by atoms with Crippen LogP contribution >= 0.6 is 0 Å². The number of anilines is 1. The Labute approximate surface area is 196 Å². The maximum absolute atomic E-state index is 14.9. The van der Waals surface area contributed by atoms with Crippen LogP contribution in [0.5, 0.6) is 11.5 Å². The van der Waals surface area contributed by atoms with Gasteiger partial charge in [0.2, 0.25) is 0 Å². The number of ether oxygens (including phenoxy) is 2. The van der Waals surface area contributed by atoms with E-state index in [0.29, 0.717) is 36.6 Å². The number of fused-ring (bicyclic) bond motifs is 6. The number of halogens is 1. The van der Waals surface area contributed by atoms with Crippen LogP contribution in [0.1, 0.15) is 6.42 Å². The van der Waals surface area contributed by atoms with Gasteiger partial charge in [-0.15, -0.1) is 0 Å². The third-order valence-electron chi connectivity index (χ3n) is 6.39. The second-order valence-corrected chi connectivity index (χ2v) is 8.69. The lowest BCUT2D eigenvalue weighted by molar-refractivity contribution is 0.246. The monoisotopic (exact) mass is 460 g/mol. The van der Waals surface area contributed by atoms with Crippen LogP contribution < -0.4 is 14.4 Å². The van der Waals surface area contributed by atoms with Crippen LogP contribution in [-0.4, -0.2) is 71.5 Å². The normalized spacial score (nSPS) is 16.6. The number of hydrogen-bond donors (Lipinski definition) is 1. The van der Waals surface area contributed by atoms with Crippen LogP contribution in [0.2, 0.25) is 0 Å². The molecule has 0 unspecified atom stereocenters. The number of benzene rings is 1. The summed E-state index contributed by atoms with van der Waals surface area (Å²) in [6.07, 6.45) is 4.15. The number of likely N-dealkylation sites (N-methyl/N-ethyl adjacent to an activating group) is 1. The summed E-state index contributed by atoms with van der Waals surface area (Å²) in [6.45, 7) is 4.59. The van der Waals surface area contributed by atoms with Crippen molar-refractivity contribution in [1.82, 2.24) is 25.1 Å². The summed E-state index contributed by atoms with van der Waals surface area (Å²) in [7, 11) is 2.13. The van der Waals surface area contributed by atoms with Crippen molar-refractivity contribution in [1.29, 1.82) is 0 Å². The molecule has 6 rings (SSSR count). The van der Waals surface area contributed by atoms with Crippen molar-refractivity contribution in [3.63, 3.8) is 0 Å². The molecular weight excluding hydrogens is 435 g/mol. The number of aromatic nitrogens is 4. The molecule has 1 N–H and O–H groups in total. The molecule has 0 saturated carbocycles. The second kappa shape index (κ2) is 8.57. The minimum absolute atomic E-state index is 0.346. The highest BCUT2D eigenvalue weighted by atomic mass is 19.1. The van der Waals surface area contributed by atoms with E-state index in [1.807, 2.05) is 18.3 Å². The molecule has 1 saturated heterocycles. The molecule has 0 amide bonds. The van der Waals surface area contributed by atoms with E-state index in [1.165, 1.54) is 6.07 Å². The molecule has 2 aliphatic heterocycles. The third kappa shape index (κ3) is 3.71. The van der Waals surface area contributed by atoms with E-state index in [2.05, 4.69) is 32.0 Å². The van der Waals surface area contributed by atoms with Crippen molar-refractivity contribution in [2.45, 2.75) is 6.42 Å². The molecule has 2 aliphatic rings. The van der Waals surface area contributed by atoms with Gasteiger partial charge >= 0.3 is 0 Å². The van der Waals surface area contributed by atoms with Crippen LogP contribution in [0.15, 0.2) is 42.7 Å². The van der Waals surface area contributed by atoms with Gasteiger partial charge in [-0.2, -0.15) is 5.10 Å². The fraction of sp³-hybridized carbons (Fsp3) is 0.320. The average molecular weight is 461 g/mol. The van der Waals surface area contributed by atoms with Gasteiger partial charge in [-0.3, -0.25) is 10.1 Å². The molecule has 0 spiro atoms. The summed E-state index contributed by atoms with van der Waals surface area (Å²) < 4.78 is 27.0. The standard InChI is InChI=1S/C25H25FN6O2/c1-31-6-8-32(9-7-31)25-22-12-16(14-28-25)24-17-13-19(27-15-20(17)29-30-24)23-18(26)4-2-5-21(23)33-10-3-11-34-22/h2,4-5,12-15H,3,6-11H2,1H3,(H,29,30). The molecule has 3 aromatic heterocycles. The van der Waals surface area contributed by atoms with Gasteiger partial charge < -0.3 is 19.3 Å². The van der Waals surface area contributed by atoms with Gasteiger partial charge in [-0.25, -0.2) is 9.37 Å². The molecule has 0 aliphatic carbocycles. The molecule has 4 bridgehead atoms. The number of piperazine rings is 1. The largest absolute Gasteiger partial charge is 0.493 e. The summed E-state index contributed by atoms with van der Waals surface area (Å²) in [5, 5.41) is 8.39. The van der Waals surface area contributed by atoms with E-state index in [4.69, 9.17) is 14.5 Å². The molecule has 4 aromatic rings. The van der Waals surface area contributed by atoms with Crippen LogP contribution in [0.25, 0.3) is 33.4 Å². The molecule has 8 nitrogen and oxygen atoms in total. The van der Waals surface area contributed by atoms with Crippen molar-refractivity contribution in [3.05, 3.63) is 48.5 Å². The summed E-state index contributed by atoms with van der Waals surface area (Å²) in [5.41, 5.74) is 3.16. The Balaban J connectivity index is 1.48. The number of H-pyrrole nitrogens is 1. The van der Waals surface area contributed by atoms with Gasteiger partial charge in [0, 0.05) is 49.7 Å². The third-order valence-corrected chi connectivity index (χ3v) is 6.39. The van der Waals surface area contributed by atoms with E-state index >= 15 is 0 Å². The van der Waals surface area contributed by atoms with E-state index in [-0.39, 0.29) is 5.82 Å². The molecule has 1 fully saturated rings. The lowest BCUT2D eigenvalue weighted by Crippen LogP contribution is -2.45.